The van der Waals surface area contributed by atoms with Gasteiger partial charge in [-0.05, 0) is 13.0 Å². The van der Waals surface area contributed by atoms with Gasteiger partial charge in [-0.15, -0.1) is 0 Å². The van der Waals surface area contributed by atoms with Crippen molar-refractivity contribution in [3.63, 3.8) is 0 Å². The molecule has 1 fully saturated rings. The normalized spacial score (nSPS) is 23.2. The molecule has 0 radical (unpaired) electrons. The summed E-state index contributed by atoms with van der Waals surface area (Å²) in [6, 6.07) is 0.578. The summed E-state index contributed by atoms with van der Waals surface area (Å²) in [7, 11) is 0. The molecule has 2 nitrogen and oxygen atoms in total. The van der Waals surface area contributed by atoms with Crippen LogP contribution in [0.25, 0.3) is 0 Å². The Balaban J connectivity index is 2.22. The minimum atomic E-state index is 0.445. The number of thioether (sulfide) groups is 1. The molecule has 0 aromatic heterocycles. The molecule has 2 atom stereocenters. The zero-order valence-corrected chi connectivity index (χ0v) is 11.7. The SMILES string of the molecule is CCCCCCC(NCC)C1CSCCO1. The van der Waals surface area contributed by atoms with Crippen molar-refractivity contribution in [2.45, 2.75) is 58.1 Å². The van der Waals surface area contributed by atoms with E-state index < -0.39 is 0 Å². The Hall–Kier alpha value is 0.270. The van der Waals surface area contributed by atoms with E-state index in [4.69, 9.17) is 4.74 Å². The maximum Gasteiger partial charge on any atom is 0.0818 e. The Morgan fingerprint density at radius 2 is 2.19 bits per heavy atom. The lowest BCUT2D eigenvalue weighted by atomic mass is 10.0. The minimum absolute atomic E-state index is 0.445. The van der Waals surface area contributed by atoms with Crippen LogP contribution in [0.1, 0.15) is 46.0 Å². The van der Waals surface area contributed by atoms with Crippen molar-refractivity contribution in [3.8, 4) is 0 Å². The van der Waals surface area contributed by atoms with E-state index in [0.717, 1.165) is 13.2 Å². The van der Waals surface area contributed by atoms with Gasteiger partial charge < -0.3 is 10.1 Å². The molecule has 16 heavy (non-hydrogen) atoms. The van der Waals surface area contributed by atoms with Gasteiger partial charge in [-0.3, -0.25) is 0 Å². The Morgan fingerprint density at radius 1 is 1.31 bits per heavy atom. The number of hydrogen-bond donors (Lipinski definition) is 1. The van der Waals surface area contributed by atoms with E-state index in [1.165, 1.54) is 43.6 Å². The van der Waals surface area contributed by atoms with E-state index in [-0.39, 0.29) is 0 Å². The van der Waals surface area contributed by atoms with Gasteiger partial charge in [0, 0.05) is 17.5 Å². The molecular weight excluding hydrogens is 218 g/mol. The Kier molecular flexibility index (Phi) is 8.34. The van der Waals surface area contributed by atoms with Gasteiger partial charge in [0.05, 0.1) is 12.7 Å². The molecule has 0 aliphatic carbocycles. The van der Waals surface area contributed by atoms with Crippen molar-refractivity contribution in [2.24, 2.45) is 0 Å². The minimum Gasteiger partial charge on any atom is -0.375 e. The van der Waals surface area contributed by atoms with Crippen molar-refractivity contribution in [1.29, 1.82) is 0 Å². The van der Waals surface area contributed by atoms with Crippen molar-refractivity contribution in [1.82, 2.24) is 5.32 Å². The molecular formula is C13H27NOS. The first-order chi connectivity index (χ1) is 7.88. The summed E-state index contributed by atoms with van der Waals surface area (Å²) in [4.78, 5) is 0. The van der Waals surface area contributed by atoms with Crippen LogP contribution in [0.15, 0.2) is 0 Å². The maximum atomic E-state index is 5.87. The summed E-state index contributed by atoms with van der Waals surface area (Å²) in [6.45, 7) is 6.45. The highest BCUT2D eigenvalue weighted by Gasteiger charge is 2.23. The molecule has 1 rings (SSSR count). The van der Waals surface area contributed by atoms with E-state index in [0.29, 0.717) is 12.1 Å². The number of nitrogens with one attached hydrogen (secondary N) is 1. The van der Waals surface area contributed by atoms with Crippen LogP contribution >= 0.6 is 11.8 Å². The molecule has 1 aliphatic rings. The average Bonchev–Trinajstić information content (AvgIpc) is 2.34. The predicted octanol–water partition coefficient (Wildman–Crippen LogP) is 3.07. The highest BCUT2D eigenvalue weighted by Crippen LogP contribution is 2.19. The molecule has 1 saturated heterocycles. The van der Waals surface area contributed by atoms with Gasteiger partial charge in [0.1, 0.15) is 0 Å². The fourth-order valence-corrected chi connectivity index (χ4v) is 3.15. The second-order valence-electron chi connectivity index (χ2n) is 4.50. The van der Waals surface area contributed by atoms with Crippen LogP contribution in [0.2, 0.25) is 0 Å². The summed E-state index contributed by atoms with van der Waals surface area (Å²) < 4.78 is 5.87. The van der Waals surface area contributed by atoms with Crippen LogP contribution in [0.5, 0.6) is 0 Å². The Labute approximate surface area is 105 Å². The lowest BCUT2D eigenvalue weighted by Crippen LogP contribution is -2.44. The molecule has 0 saturated carbocycles. The van der Waals surface area contributed by atoms with Crippen molar-refractivity contribution < 1.29 is 4.74 Å². The fourth-order valence-electron chi connectivity index (χ4n) is 2.21. The number of likely N-dealkylation sites (N-methyl/N-ethyl adjacent to an activating group) is 1. The maximum absolute atomic E-state index is 5.87. The molecule has 3 heteroatoms. The third-order valence-electron chi connectivity index (χ3n) is 3.13. The van der Waals surface area contributed by atoms with Crippen molar-refractivity contribution >= 4 is 11.8 Å². The molecule has 0 spiro atoms. The van der Waals surface area contributed by atoms with Gasteiger partial charge in [0.15, 0.2) is 0 Å². The van der Waals surface area contributed by atoms with Crippen LogP contribution in [-0.2, 0) is 4.74 Å². The summed E-state index contributed by atoms with van der Waals surface area (Å²) in [5, 5.41) is 3.59. The second kappa shape index (κ2) is 9.32. The first kappa shape index (κ1) is 14.3. The summed E-state index contributed by atoms with van der Waals surface area (Å²) in [6.07, 6.45) is 7.13. The third-order valence-corrected chi connectivity index (χ3v) is 4.15. The zero-order valence-electron chi connectivity index (χ0n) is 10.8. The van der Waals surface area contributed by atoms with Gasteiger partial charge in [-0.2, -0.15) is 11.8 Å². The summed E-state index contributed by atoms with van der Waals surface area (Å²) >= 11 is 2.04. The second-order valence-corrected chi connectivity index (χ2v) is 5.65. The van der Waals surface area contributed by atoms with E-state index in [2.05, 4.69) is 19.2 Å². The highest BCUT2D eigenvalue weighted by molar-refractivity contribution is 7.99. The van der Waals surface area contributed by atoms with Crippen molar-refractivity contribution in [3.05, 3.63) is 0 Å². The molecule has 0 aromatic carbocycles. The van der Waals surface area contributed by atoms with Gasteiger partial charge >= 0.3 is 0 Å². The van der Waals surface area contributed by atoms with E-state index in [1.54, 1.807) is 0 Å². The summed E-state index contributed by atoms with van der Waals surface area (Å²) in [5.74, 6) is 2.34. The molecule has 1 aliphatic heterocycles. The first-order valence-electron chi connectivity index (χ1n) is 6.81. The van der Waals surface area contributed by atoms with Crippen molar-refractivity contribution in [2.75, 3.05) is 24.7 Å². The van der Waals surface area contributed by atoms with Gasteiger partial charge in [-0.1, -0.05) is 39.5 Å². The first-order valence-corrected chi connectivity index (χ1v) is 7.96. The van der Waals surface area contributed by atoms with E-state index in [1.807, 2.05) is 11.8 Å². The Morgan fingerprint density at radius 3 is 2.81 bits per heavy atom. The number of rotatable bonds is 8. The van der Waals surface area contributed by atoms with Crippen LogP contribution in [0, 0.1) is 0 Å². The number of ether oxygens (including phenoxy) is 1. The molecule has 0 bridgehead atoms. The number of hydrogen-bond acceptors (Lipinski definition) is 3. The molecule has 2 unspecified atom stereocenters. The molecule has 1 heterocycles. The quantitative estimate of drug-likeness (QED) is 0.664. The van der Waals surface area contributed by atoms with Gasteiger partial charge in [0.2, 0.25) is 0 Å². The lowest BCUT2D eigenvalue weighted by molar-refractivity contribution is 0.0445. The average molecular weight is 245 g/mol. The molecule has 1 N–H and O–H groups in total. The lowest BCUT2D eigenvalue weighted by Gasteiger charge is -2.30. The molecule has 96 valence electrons. The smallest absolute Gasteiger partial charge is 0.0818 e. The molecule has 0 amide bonds. The van der Waals surface area contributed by atoms with Gasteiger partial charge in [0.25, 0.3) is 0 Å². The standard InChI is InChI=1S/C13H27NOS/c1-3-5-6-7-8-12(14-4-2)13-11-16-10-9-15-13/h12-14H,3-11H2,1-2H3. The van der Waals surface area contributed by atoms with E-state index in [9.17, 15) is 0 Å². The van der Waals surface area contributed by atoms with Crippen LogP contribution in [0.4, 0.5) is 0 Å². The topological polar surface area (TPSA) is 21.3 Å². The third kappa shape index (κ3) is 5.55. The van der Waals surface area contributed by atoms with Crippen LogP contribution in [0.3, 0.4) is 0 Å². The van der Waals surface area contributed by atoms with Crippen LogP contribution in [-0.4, -0.2) is 36.8 Å². The largest absolute Gasteiger partial charge is 0.375 e. The fraction of sp³-hybridized carbons (Fsp3) is 1.00. The Bertz CT molecular complexity index is 160. The monoisotopic (exact) mass is 245 g/mol. The van der Waals surface area contributed by atoms with E-state index >= 15 is 0 Å². The van der Waals surface area contributed by atoms with Crippen LogP contribution < -0.4 is 5.32 Å². The van der Waals surface area contributed by atoms with Gasteiger partial charge in [-0.25, -0.2) is 0 Å². The summed E-state index contributed by atoms with van der Waals surface area (Å²) in [5.41, 5.74) is 0. The molecule has 0 aromatic rings. The highest BCUT2D eigenvalue weighted by atomic mass is 32.2. The predicted molar refractivity (Wildman–Crippen MR) is 73.3 cm³/mol. The number of unbranched alkanes of at least 4 members (excludes halogenated alkanes) is 3. The zero-order chi connectivity index (χ0) is 11.6.